The Morgan fingerprint density at radius 3 is 1.30 bits per heavy atom. The molecule has 44 heteroatoms. The molecule has 25 N–H and O–H groups in total. The Kier molecular flexibility index (Phi) is 47.2. The highest BCUT2D eigenvalue weighted by atomic mass is 16.4. The van der Waals surface area contributed by atoms with E-state index in [1.54, 1.807) is 76.2 Å². The van der Waals surface area contributed by atoms with Crippen LogP contribution < -0.4 is 96.5 Å². The van der Waals surface area contributed by atoms with E-state index in [0.29, 0.717) is 19.4 Å². The van der Waals surface area contributed by atoms with Gasteiger partial charge in [-0.3, -0.25) is 91.3 Å². The fourth-order valence-electron chi connectivity index (χ4n) is 13.2. The van der Waals surface area contributed by atoms with E-state index in [9.17, 15) is 117 Å². The molecule has 16 amide bonds. The van der Waals surface area contributed by atoms with E-state index in [0.717, 1.165) is 18.2 Å². The molecule has 44 nitrogen and oxygen atoms in total. The minimum absolute atomic E-state index is 0.00360. The van der Waals surface area contributed by atoms with Crippen LogP contribution in [0.4, 0.5) is 0 Å². The lowest BCUT2D eigenvalue weighted by atomic mass is 9.96. The summed E-state index contributed by atoms with van der Waals surface area (Å²) in [4.78, 5) is 262. The van der Waals surface area contributed by atoms with E-state index in [1.165, 1.54) is 20.8 Å². The number of nitrogens with two attached hydrogens (primary N) is 2. The van der Waals surface area contributed by atoms with Crippen molar-refractivity contribution in [3.63, 3.8) is 0 Å². The van der Waals surface area contributed by atoms with E-state index in [2.05, 4.69) is 90.1 Å². The summed E-state index contributed by atoms with van der Waals surface area (Å²) in [6.45, 7) is 22.3. The first kappa shape index (κ1) is 107. The number of aliphatic imine (C=N–C) groups is 1. The zero-order valence-corrected chi connectivity index (χ0v) is 72.6. The number of nitrogens with zero attached hydrogens (tertiary/aromatic N) is 2. The summed E-state index contributed by atoms with van der Waals surface area (Å²) in [6.07, 6.45) is -2.40. The molecule has 0 aromatic rings. The summed E-state index contributed by atoms with van der Waals surface area (Å²) in [5.74, 6) is -21.8. The maximum Gasteiger partial charge on any atom is 0.326 e. The van der Waals surface area contributed by atoms with Crippen LogP contribution in [-0.4, -0.2) is 285 Å². The Hall–Kier alpha value is -10.9. The molecule has 2 aliphatic heterocycles. The largest absolute Gasteiger partial charge is 0.481 e. The number of hydrogen-bond donors (Lipinski definition) is 23. The lowest BCUT2D eigenvalue weighted by Crippen LogP contribution is -2.61. The van der Waals surface area contributed by atoms with Crippen molar-refractivity contribution in [3.8, 4) is 0 Å². The first-order valence-electron chi connectivity index (χ1n) is 41.5. The molecule has 122 heavy (non-hydrogen) atoms. The molecule has 2 saturated heterocycles. The minimum atomic E-state index is -1.87. The average Bonchev–Trinajstić information content (AvgIpc) is 1.64. The van der Waals surface area contributed by atoms with Crippen LogP contribution >= 0.6 is 0 Å². The molecule has 690 valence electrons. The van der Waals surface area contributed by atoms with Gasteiger partial charge in [0.25, 0.3) is 0 Å². The van der Waals surface area contributed by atoms with Gasteiger partial charge in [-0.25, -0.2) is 4.79 Å². The van der Waals surface area contributed by atoms with Crippen LogP contribution in [0.25, 0.3) is 0 Å². The van der Waals surface area contributed by atoms with Crippen molar-refractivity contribution in [3.05, 3.63) is 0 Å². The van der Waals surface area contributed by atoms with Gasteiger partial charge >= 0.3 is 17.9 Å². The number of amides is 16. The molecule has 0 saturated carbocycles. The average molecular weight is 1740 g/mol. The van der Waals surface area contributed by atoms with Gasteiger partial charge in [0.2, 0.25) is 94.5 Å². The molecule has 2 aliphatic rings. The lowest BCUT2D eigenvalue weighted by Gasteiger charge is -2.30. The number of likely N-dealkylation sites (tertiary alicyclic amines) is 1. The van der Waals surface area contributed by atoms with Crippen LogP contribution in [0.15, 0.2) is 4.99 Å². The highest BCUT2D eigenvalue weighted by molar-refractivity contribution is 6.01. The number of nitrogens with one attached hydrogen (secondary N) is 16. The number of guanidine groups is 1. The normalized spacial score (nSPS) is 17.5. The number of hydrogen-bond acceptors (Lipinski definition) is 23. The second-order valence-corrected chi connectivity index (χ2v) is 33.1. The van der Waals surface area contributed by atoms with Crippen LogP contribution in [-0.2, 0) is 91.1 Å². The molecule has 0 bridgehead atoms. The third kappa shape index (κ3) is 39.3. The second-order valence-electron chi connectivity index (χ2n) is 33.1. The Labute approximate surface area is 710 Å². The van der Waals surface area contributed by atoms with E-state index >= 15 is 0 Å². The number of aliphatic hydroxyl groups is 2. The molecule has 0 unspecified atom stereocenters. The molecule has 0 aliphatic carbocycles. The number of rotatable bonds is 55. The van der Waals surface area contributed by atoms with Gasteiger partial charge in [-0.15, -0.1) is 0 Å². The van der Waals surface area contributed by atoms with Crippen LogP contribution in [0.3, 0.4) is 0 Å². The van der Waals surface area contributed by atoms with Crippen molar-refractivity contribution in [1.82, 2.24) is 90.0 Å². The van der Waals surface area contributed by atoms with Gasteiger partial charge in [0.1, 0.15) is 84.6 Å². The van der Waals surface area contributed by atoms with Gasteiger partial charge in [-0.1, -0.05) is 89.5 Å². The first-order chi connectivity index (χ1) is 57.0. The highest BCUT2D eigenvalue weighted by Gasteiger charge is 2.42. The monoisotopic (exact) mass is 1730 g/mol. The molecule has 2 rings (SSSR count). The van der Waals surface area contributed by atoms with Crippen molar-refractivity contribution in [2.45, 2.75) is 297 Å². The van der Waals surface area contributed by atoms with Gasteiger partial charge in [0, 0.05) is 19.5 Å². The Bertz CT molecular complexity index is 3630. The summed E-state index contributed by atoms with van der Waals surface area (Å²) >= 11 is 0. The molecule has 0 aromatic carbocycles. The lowest BCUT2D eigenvalue weighted by molar-refractivity contribution is -0.150. The van der Waals surface area contributed by atoms with Crippen molar-refractivity contribution < 1.29 is 117 Å². The van der Waals surface area contributed by atoms with Gasteiger partial charge in [-0.2, -0.15) is 0 Å². The summed E-state index contributed by atoms with van der Waals surface area (Å²) in [6, 6.07) is -21.3. The molecular weight excluding hydrogens is 1600 g/mol. The van der Waals surface area contributed by atoms with Crippen molar-refractivity contribution in [2.75, 3.05) is 39.3 Å². The fraction of sp³-hybridized carbons (Fsp3) is 0.744. The molecule has 2 heterocycles. The number of carbonyl (C=O) groups is 19. The number of aliphatic carboxylic acids is 3. The molecular formula is C78H134N20O24. The zero-order valence-electron chi connectivity index (χ0n) is 72.6. The Balaban J connectivity index is 2.35. The van der Waals surface area contributed by atoms with Crippen molar-refractivity contribution in [1.29, 1.82) is 0 Å². The quantitative estimate of drug-likeness (QED) is 0.0153. The Morgan fingerprint density at radius 1 is 0.434 bits per heavy atom. The molecule has 17 atom stereocenters. The minimum Gasteiger partial charge on any atom is -0.481 e. The second kappa shape index (κ2) is 53.8. The highest BCUT2D eigenvalue weighted by Crippen LogP contribution is 2.22. The predicted molar refractivity (Wildman–Crippen MR) is 440 cm³/mol. The third-order valence-electron chi connectivity index (χ3n) is 19.8. The molecule has 0 spiro atoms. The first-order valence-corrected chi connectivity index (χ1v) is 41.5. The zero-order chi connectivity index (χ0) is 92.7. The van der Waals surface area contributed by atoms with E-state index < -0.39 is 248 Å². The SMILES string of the molecule is CC[C@H](C)[C@H](NC(=O)[C@H](CCC(=O)O)NC(=O)CNC(=O)[C@@H](NC(=O)[C@H](CC(C)C)NC(=O)[C@H](CC(C)C)NC(=O)[C@H](CC(C)C)NC(=O)[C@H](CC(C)C)NC(=O)[C@H](CCCN=C(N)N)NC(=O)[C@H](CO)NC(=O)[C@H](C)NC(=O)CNC(=O)[C@H](C)NC(=O)[C@@H]1CCCN1)[C@@H](C)O)C(=O)N[C@@H](CC(=O)O)C(=O)N[C@@H](CC(C)C)C(=O)N1CCC[C@H]1C(=O)O. The van der Waals surface area contributed by atoms with Crippen LogP contribution in [0, 0.1) is 35.5 Å². The Morgan fingerprint density at radius 2 is 0.844 bits per heavy atom. The van der Waals surface area contributed by atoms with E-state index in [4.69, 9.17) is 11.5 Å². The van der Waals surface area contributed by atoms with Gasteiger partial charge in [-0.05, 0) is 140 Å². The maximum absolute atomic E-state index is 14.6. The topological polar surface area (TPSA) is 686 Å². The summed E-state index contributed by atoms with van der Waals surface area (Å²) in [7, 11) is 0. The third-order valence-corrected chi connectivity index (χ3v) is 19.8. The smallest absolute Gasteiger partial charge is 0.326 e. The van der Waals surface area contributed by atoms with Crippen LogP contribution in [0.5, 0.6) is 0 Å². The maximum atomic E-state index is 14.6. The summed E-state index contributed by atoms with van der Waals surface area (Å²) in [5.41, 5.74) is 11.1. The number of carboxylic acids is 3. The standard InChI is InChI=1S/C78H134N20O24/c1-16-42(12)61(75(119)93-53(33-60(105)106)71(115)94-54(32-41(10)11)76(120)98-27-19-22-56(98)77(121)122)96-67(111)48(23-24-59(103)104)87-58(102)35-84-74(118)62(45(15)100)97-72(116)52(31-40(8)9)92-70(114)51(30-39(6)7)91-69(113)50(29-38(4)5)90-68(112)49(28-37(2)3)89-66(110)47(21-18-26-82-78(79)80)88-73(117)55(36-99)95-64(108)44(14)85-57(101)34-83-63(107)43(13)86-65(109)46-20-17-25-81-46/h37-56,61-62,81,99-100H,16-36H2,1-15H3,(H,83,107)(H,84,118)(H,85,101)(H,86,109)(H,87,102)(H,88,117)(H,89,110)(H,90,112)(H,91,113)(H,92,114)(H,93,119)(H,94,115)(H,95,108)(H,96,111)(H,97,116)(H,103,104)(H,105,106)(H,121,122)(H4,79,80,82)/t42-,43-,44-,45+,46-,47-,48-,49-,50-,51-,52-,53-,54-,55-,56-,61-,62-/m0/s1. The summed E-state index contributed by atoms with van der Waals surface area (Å²) < 4.78 is 0. The summed E-state index contributed by atoms with van der Waals surface area (Å²) in [5, 5.41) is 90.5. The van der Waals surface area contributed by atoms with Crippen molar-refractivity contribution >= 4 is 118 Å². The van der Waals surface area contributed by atoms with E-state index in [-0.39, 0.29) is 112 Å². The van der Waals surface area contributed by atoms with Gasteiger partial charge in [0.05, 0.1) is 38.3 Å². The van der Waals surface area contributed by atoms with Gasteiger partial charge in [0.15, 0.2) is 5.96 Å². The molecule has 0 aromatic heterocycles. The number of aliphatic hydroxyl groups excluding tert-OH is 2. The number of carboxylic acid groups (broad SMARTS) is 3. The number of carbonyl (C=O) groups excluding carboxylic acids is 16. The van der Waals surface area contributed by atoms with Crippen LogP contribution in [0.1, 0.15) is 200 Å². The van der Waals surface area contributed by atoms with Crippen molar-refractivity contribution in [2.24, 2.45) is 52.0 Å². The van der Waals surface area contributed by atoms with Gasteiger partial charge < -0.3 is 127 Å². The fourth-order valence-corrected chi connectivity index (χ4v) is 13.2. The predicted octanol–water partition coefficient (Wildman–Crippen LogP) is -5.57. The molecule has 2 fully saturated rings. The molecule has 0 radical (unpaired) electrons. The van der Waals surface area contributed by atoms with E-state index in [1.807, 2.05) is 0 Å². The van der Waals surface area contributed by atoms with Crippen LogP contribution in [0.2, 0.25) is 0 Å².